The van der Waals surface area contributed by atoms with Crippen molar-refractivity contribution < 1.29 is 9.34 Å². The fourth-order valence-electron chi connectivity index (χ4n) is 3.02. The molecule has 0 N–H and O–H groups in total. The molecule has 0 aliphatic rings. The Morgan fingerprint density at radius 2 is 1.69 bits per heavy atom. The third kappa shape index (κ3) is 4.14. The van der Waals surface area contributed by atoms with Gasteiger partial charge in [-0.25, -0.2) is 4.42 Å². The number of rotatable bonds is 4. The van der Waals surface area contributed by atoms with Crippen LogP contribution in [0.2, 0.25) is 10.0 Å². The second kappa shape index (κ2) is 8.03. The molecule has 4 aromatic rings. The van der Waals surface area contributed by atoms with E-state index in [0.29, 0.717) is 26.8 Å². The lowest BCUT2D eigenvalue weighted by Gasteiger charge is -2.01. The molecule has 0 fully saturated rings. The maximum absolute atomic E-state index is 11.1. The zero-order valence-corrected chi connectivity index (χ0v) is 16.5. The molecular formula is C23H14Cl2NO3+. The van der Waals surface area contributed by atoms with Crippen molar-refractivity contribution in [3.05, 3.63) is 104 Å². The molecule has 1 heterocycles. The Morgan fingerprint density at radius 1 is 0.897 bits per heavy atom. The van der Waals surface area contributed by atoms with Gasteiger partial charge in [0.15, 0.2) is 0 Å². The van der Waals surface area contributed by atoms with Gasteiger partial charge in [-0.15, -0.1) is 0 Å². The first kappa shape index (κ1) is 19.1. The predicted molar refractivity (Wildman–Crippen MR) is 118 cm³/mol. The van der Waals surface area contributed by atoms with Crippen molar-refractivity contribution in [1.82, 2.24) is 0 Å². The van der Waals surface area contributed by atoms with E-state index in [2.05, 4.69) is 0 Å². The normalized spacial score (nSPS) is 11.2. The predicted octanol–water partition coefficient (Wildman–Crippen LogP) is 7.77. The first-order chi connectivity index (χ1) is 14.0. The molecule has 0 aliphatic heterocycles. The molecule has 0 saturated carbocycles. The number of non-ortho nitro benzene ring substituents is 1. The smallest absolute Gasteiger partial charge is 0.258 e. The van der Waals surface area contributed by atoms with Gasteiger partial charge in [-0.05, 0) is 35.4 Å². The molecule has 0 saturated heterocycles. The third-order valence-corrected chi connectivity index (χ3v) is 5.01. The first-order valence-electron chi connectivity index (χ1n) is 8.75. The summed E-state index contributed by atoms with van der Waals surface area (Å²) in [5, 5.41) is 12.9. The standard InChI is InChI=1S/C23H14Cl2NO3/c24-18-8-6-16(21(25)14-18)7-10-23-20(15-4-2-1-3-5-15)13-17-12-19(26(27)28)9-11-22(17)29-23/h1-14H/q+1. The number of nitro benzene ring substituents is 1. The van der Waals surface area contributed by atoms with Crippen molar-refractivity contribution in [3.8, 4) is 11.1 Å². The molecule has 6 heteroatoms. The van der Waals surface area contributed by atoms with Gasteiger partial charge in [-0.2, -0.15) is 0 Å². The molecule has 0 aliphatic carbocycles. The van der Waals surface area contributed by atoms with Gasteiger partial charge in [0.25, 0.3) is 5.69 Å². The molecule has 0 spiro atoms. The number of nitrogens with zero attached hydrogens (tertiary/aromatic N) is 1. The highest BCUT2D eigenvalue weighted by atomic mass is 35.5. The van der Waals surface area contributed by atoms with E-state index >= 15 is 0 Å². The molecule has 0 atom stereocenters. The molecule has 29 heavy (non-hydrogen) atoms. The topological polar surface area (TPSA) is 54.4 Å². The molecule has 142 valence electrons. The Morgan fingerprint density at radius 3 is 2.41 bits per heavy atom. The van der Waals surface area contributed by atoms with Crippen LogP contribution in [0.3, 0.4) is 0 Å². The van der Waals surface area contributed by atoms with Gasteiger partial charge in [0, 0.05) is 28.3 Å². The van der Waals surface area contributed by atoms with E-state index in [9.17, 15) is 10.1 Å². The Kier molecular flexibility index (Phi) is 5.30. The van der Waals surface area contributed by atoms with Gasteiger partial charge in [0.1, 0.15) is 0 Å². The summed E-state index contributed by atoms with van der Waals surface area (Å²) in [5.74, 6) is 0.614. The van der Waals surface area contributed by atoms with E-state index < -0.39 is 4.92 Å². The van der Waals surface area contributed by atoms with Crippen molar-refractivity contribution in [2.75, 3.05) is 0 Å². The monoisotopic (exact) mass is 422 g/mol. The molecule has 3 aromatic carbocycles. The van der Waals surface area contributed by atoms with Crippen LogP contribution in [-0.4, -0.2) is 4.92 Å². The van der Waals surface area contributed by atoms with E-state index in [0.717, 1.165) is 16.7 Å². The van der Waals surface area contributed by atoms with Crippen LogP contribution in [0.1, 0.15) is 11.3 Å². The second-order valence-electron chi connectivity index (χ2n) is 6.37. The van der Waals surface area contributed by atoms with E-state index in [1.165, 1.54) is 12.1 Å². The van der Waals surface area contributed by atoms with Gasteiger partial charge in [-0.3, -0.25) is 10.1 Å². The summed E-state index contributed by atoms with van der Waals surface area (Å²) in [7, 11) is 0. The third-order valence-electron chi connectivity index (χ3n) is 4.45. The minimum Gasteiger partial charge on any atom is -0.258 e. The molecule has 0 radical (unpaired) electrons. The maximum atomic E-state index is 11.1. The maximum Gasteiger partial charge on any atom is 0.361 e. The van der Waals surface area contributed by atoms with E-state index in [1.807, 2.05) is 54.6 Å². The van der Waals surface area contributed by atoms with Crippen LogP contribution in [0.5, 0.6) is 0 Å². The highest BCUT2D eigenvalue weighted by molar-refractivity contribution is 6.35. The van der Waals surface area contributed by atoms with E-state index in [-0.39, 0.29) is 5.69 Å². The van der Waals surface area contributed by atoms with Crippen LogP contribution >= 0.6 is 23.2 Å². The number of fused-ring (bicyclic) bond motifs is 1. The molecule has 1 aromatic heterocycles. The van der Waals surface area contributed by atoms with Crippen molar-refractivity contribution in [2.45, 2.75) is 0 Å². The van der Waals surface area contributed by atoms with Crippen LogP contribution in [0.15, 0.2) is 77.2 Å². The second-order valence-corrected chi connectivity index (χ2v) is 7.21. The molecule has 0 bridgehead atoms. The fourth-order valence-corrected chi connectivity index (χ4v) is 3.50. The average molecular weight is 423 g/mol. The Hall–Kier alpha value is -3.21. The summed E-state index contributed by atoms with van der Waals surface area (Å²) in [4.78, 5) is 10.7. The van der Waals surface area contributed by atoms with Gasteiger partial charge in [-0.1, -0.05) is 59.6 Å². The Bertz CT molecular complexity index is 1250. The van der Waals surface area contributed by atoms with Gasteiger partial charge in [0.05, 0.1) is 21.9 Å². The van der Waals surface area contributed by atoms with E-state index in [4.69, 9.17) is 27.6 Å². The van der Waals surface area contributed by atoms with E-state index in [1.54, 1.807) is 18.2 Å². The SMILES string of the molecule is O=[N+]([O-])c1ccc2[o+]c(C=Cc3ccc(Cl)cc3Cl)c(-c3ccccc3)cc2c1. The number of benzene rings is 3. The number of halogens is 2. The van der Waals surface area contributed by atoms with Crippen molar-refractivity contribution in [3.63, 3.8) is 0 Å². The van der Waals surface area contributed by atoms with Crippen LogP contribution < -0.4 is 0 Å². The molecule has 0 unspecified atom stereocenters. The summed E-state index contributed by atoms with van der Waals surface area (Å²) >= 11 is 12.2. The highest BCUT2D eigenvalue weighted by Crippen LogP contribution is 2.32. The summed E-state index contributed by atoms with van der Waals surface area (Å²) in [6.07, 6.45) is 3.68. The van der Waals surface area contributed by atoms with Crippen LogP contribution in [0, 0.1) is 10.1 Å². The molecular weight excluding hydrogens is 409 g/mol. The minimum atomic E-state index is -0.419. The summed E-state index contributed by atoms with van der Waals surface area (Å²) < 4.78 is 6.09. The van der Waals surface area contributed by atoms with Crippen molar-refractivity contribution >= 4 is 52.0 Å². The summed E-state index contributed by atoms with van der Waals surface area (Å²) in [5.41, 5.74) is 3.13. The van der Waals surface area contributed by atoms with Crippen molar-refractivity contribution in [1.29, 1.82) is 0 Å². The quantitative estimate of drug-likeness (QED) is 0.191. The summed E-state index contributed by atoms with van der Waals surface area (Å²) in [6.45, 7) is 0. The largest absolute Gasteiger partial charge is 0.361 e. The lowest BCUT2D eigenvalue weighted by molar-refractivity contribution is -0.384. The first-order valence-corrected chi connectivity index (χ1v) is 9.51. The summed E-state index contributed by atoms with van der Waals surface area (Å²) in [6, 6.07) is 21.4. The average Bonchev–Trinajstić information content (AvgIpc) is 2.72. The zero-order valence-electron chi connectivity index (χ0n) is 15.0. The molecule has 0 amide bonds. The fraction of sp³-hybridized carbons (Fsp3) is 0. The highest BCUT2D eigenvalue weighted by Gasteiger charge is 2.20. The number of hydrogen-bond acceptors (Lipinski definition) is 2. The van der Waals surface area contributed by atoms with Crippen LogP contribution in [0.4, 0.5) is 5.69 Å². The molecule has 4 nitrogen and oxygen atoms in total. The van der Waals surface area contributed by atoms with Gasteiger partial charge in [0.2, 0.25) is 0 Å². The van der Waals surface area contributed by atoms with Gasteiger partial charge >= 0.3 is 11.3 Å². The zero-order chi connectivity index (χ0) is 20.4. The minimum absolute atomic E-state index is 0.0166. The Balaban J connectivity index is 1.88. The van der Waals surface area contributed by atoms with Crippen molar-refractivity contribution in [2.24, 2.45) is 0 Å². The lowest BCUT2D eigenvalue weighted by atomic mass is 10.0. The molecule has 4 rings (SSSR count). The number of nitro groups is 1. The van der Waals surface area contributed by atoms with Crippen LogP contribution in [-0.2, 0) is 0 Å². The Labute approximate surface area is 176 Å². The lowest BCUT2D eigenvalue weighted by Crippen LogP contribution is -1.89. The van der Waals surface area contributed by atoms with Gasteiger partial charge < -0.3 is 0 Å². The van der Waals surface area contributed by atoms with Crippen LogP contribution in [0.25, 0.3) is 34.2 Å². The number of hydrogen-bond donors (Lipinski definition) is 0.